The van der Waals surface area contributed by atoms with Crippen LogP contribution < -0.4 is 5.73 Å². The van der Waals surface area contributed by atoms with E-state index in [1.807, 2.05) is 0 Å². The topological polar surface area (TPSA) is 46.2 Å². The van der Waals surface area contributed by atoms with Crippen molar-refractivity contribution in [3.63, 3.8) is 0 Å². The third-order valence-electron chi connectivity index (χ3n) is 2.42. The fourth-order valence-electron chi connectivity index (χ4n) is 1.50. The standard InChI is InChI=1S/C11H14F3NO/c12-11(13,14)10(16,6-7-15)8-9-4-2-1-3-5-9/h1-5,16H,6-8,15H2. The first-order valence-electron chi connectivity index (χ1n) is 4.92. The second kappa shape index (κ2) is 4.84. The molecular formula is C11H14F3NO. The molecule has 0 spiro atoms. The number of hydrogen-bond donors (Lipinski definition) is 2. The van der Waals surface area contributed by atoms with Gasteiger partial charge in [0.15, 0.2) is 5.60 Å². The largest absolute Gasteiger partial charge is 0.417 e. The lowest BCUT2D eigenvalue weighted by molar-refractivity contribution is -0.261. The van der Waals surface area contributed by atoms with Crippen LogP contribution in [0, 0.1) is 0 Å². The van der Waals surface area contributed by atoms with Crippen LogP contribution in [-0.4, -0.2) is 23.4 Å². The van der Waals surface area contributed by atoms with Crippen LogP contribution in [0.25, 0.3) is 0 Å². The predicted molar refractivity (Wildman–Crippen MR) is 54.8 cm³/mol. The molecule has 0 radical (unpaired) electrons. The fourth-order valence-corrected chi connectivity index (χ4v) is 1.50. The van der Waals surface area contributed by atoms with Gasteiger partial charge in [0.2, 0.25) is 0 Å². The lowest BCUT2D eigenvalue weighted by atomic mass is 9.90. The Bertz CT molecular complexity index is 326. The van der Waals surface area contributed by atoms with E-state index in [0.717, 1.165) is 0 Å². The number of rotatable bonds is 4. The van der Waals surface area contributed by atoms with Crippen molar-refractivity contribution in [1.29, 1.82) is 0 Å². The molecule has 1 aromatic carbocycles. The molecule has 5 heteroatoms. The van der Waals surface area contributed by atoms with Crippen molar-refractivity contribution in [2.45, 2.75) is 24.6 Å². The van der Waals surface area contributed by atoms with Crippen LogP contribution in [0.15, 0.2) is 30.3 Å². The monoisotopic (exact) mass is 233 g/mol. The van der Waals surface area contributed by atoms with Crippen molar-refractivity contribution in [3.8, 4) is 0 Å². The highest BCUT2D eigenvalue weighted by Crippen LogP contribution is 2.35. The first kappa shape index (κ1) is 13.0. The number of benzene rings is 1. The Morgan fingerprint density at radius 3 is 2.12 bits per heavy atom. The molecule has 0 aliphatic heterocycles. The first-order valence-corrected chi connectivity index (χ1v) is 4.92. The first-order chi connectivity index (χ1) is 7.39. The Morgan fingerprint density at radius 1 is 1.12 bits per heavy atom. The van der Waals surface area contributed by atoms with Gasteiger partial charge < -0.3 is 10.8 Å². The van der Waals surface area contributed by atoms with Crippen LogP contribution in [0.2, 0.25) is 0 Å². The average Bonchev–Trinajstić information content (AvgIpc) is 2.17. The van der Waals surface area contributed by atoms with E-state index in [1.54, 1.807) is 30.3 Å². The van der Waals surface area contributed by atoms with Crippen LogP contribution >= 0.6 is 0 Å². The summed E-state index contributed by atoms with van der Waals surface area (Å²) in [5.74, 6) is 0. The molecule has 0 heterocycles. The quantitative estimate of drug-likeness (QED) is 0.834. The molecule has 90 valence electrons. The van der Waals surface area contributed by atoms with Crippen LogP contribution in [0.1, 0.15) is 12.0 Å². The van der Waals surface area contributed by atoms with Crippen molar-refractivity contribution in [3.05, 3.63) is 35.9 Å². The summed E-state index contributed by atoms with van der Waals surface area (Å²) >= 11 is 0. The minimum Gasteiger partial charge on any atom is -0.380 e. The summed E-state index contributed by atoms with van der Waals surface area (Å²) in [5, 5.41) is 9.60. The normalized spacial score (nSPS) is 15.8. The van der Waals surface area contributed by atoms with E-state index >= 15 is 0 Å². The fraction of sp³-hybridized carbons (Fsp3) is 0.455. The Hall–Kier alpha value is -1.07. The lowest BCUT2D eigenvalue weighted by Gasteiger charge is -2.30. The highest BCUT2D eigenvalue weighted by Gasteiger charge is 2.52. The number of nitrogens with two attached hydrogens (primary N) is 1. The molecule has 0 saturated carbocycles. The average molecular weight is 233 g/mol. The molecule has 1 atom stereocenters. The second-order valence-electron chi connectivity index (χ2n) is 3.73. The maximum Gasteiger partial charge on any atom is 0.417 e. The van der Waals surface area contributed by atoms with E-state index in [2.05, 4.69) is 0 Å². The molecule has 0 aliphatic carbocycles. The van der Waals surface area contributed by atoms with Gasteiger partial charge in [-0.15, -0.1) is 0 Å². The summed E-state index contributed by atoms with van der Waals surface area (Å²) in [6.45, 7) is -0.206. The zero-order chi connectivity index (χ0) is 12.2. The predicted octanol–water partition coefficient (Wildman–Crippen LogP) is 1.87. The van der Waals surface area contributed by atoms with Gasteiger partial charge in [0, 0.05) is 6.42 Å². The van der Waals surface area contributed by atoms with Crippen LogP contribution in [0.4, 0.5) is 13.2 Å². The zero-order valence-electron chi connectivity index (χ0n) is 8.67. The Kier molecular flexibility index (Phi) is 3.93. The Morgan fingerprint density at radius 2 is 1.69 bits per heavy atom. The van der Waals surface area contributed by atoms with Gasteiger partial charge in [-0.1, -0.05) is 30.3 Å². The highest BCUT2D eigenvalue weighted by molar-refractivity contribution is 5.17. The van der Waals surface area contributed by atoms with Gasteiger partial charge in [0.05, 0.1) is 0 Å². The minimum absolute atomic E-state index is 0.206. The molecule has 0 aromatic heterocycles. The zero-order valence-corrected chi connectivity index (χ0v) is 8.67. The molecule has 1 aromatic rings. The van der Waals surface area contributed by atoms with Crippen molar-refractivity contribution < 1.29 is 18.3 Å². The maximum absolute atomic E-state index is 12.7. The minimum atomic E-state index is -4.66. The third kappa shape index (κ3) is 2.96. The van der Waals surface area contributed by atoms with E-state index in [1.165, 1.54) is 0 Å². The molecule has 3 N–H and O–H groups in total. The van der Waals surface area contributed by atoms with E-state index in [-0.39, 0.29) is 6.54 Å². The summed E-state index contributed by atoms with van der Waals surface area (Å²) in [7, 11) is 0. The van der Waals surface area contributed by atoms with Gasteiger partial charge in [-0.05, 0) is 18.5 Å². The van der Waals surface area contributed by atoms with Gasteiger partial charge in [-0.25, -0.2) is 0 Å². The molecule has 0 aliphatic rings. The number of aliphatic hydroxyl groups is 1. The molecule has 0 saturated heterocycles. The number of hydrogen-bond acceptors (Lipinski definition) is 2. The van der Waals surface area contributed by atoms with Crippen molar-refractivity contribution in [1.82, 2.24) is 0 Å². The smallest absolute Gasteiger partial charge is 0.380 e. The van der Waals surface area contributed by atoms with Crippen LogP contribution in [0.3, 0.4) is 0 Å². The number of alkyl halides is 3. The second-order valence-corrected chi connectivity index (χ2v) is 3.73. The maximum atomic E-state index is 12.7. The Labute approximate surface area is 91.9 Å². The van der Waals surface area contributed by atoms with Crippen LogP contribution in [-0.2, 0) is 6.42 Å². The van der Waals surface area contributed by atoms with E-state index in [9.17, 15) is 18.3 Å². The summed E-state index contributed by atoms with van der Waals surface area (Å²) < 4.78 is 38.0. The van der Waals surface area contributed by atoms with Crippen molar-refractivity contribution >= 4 is 0 Å². The summed E-state index contributed by atoms with van der Waals surface area (Å²) in [6.07, 6.45) is -5.62. The summed E-state index contributed by atoms with van der Waals surface area (Å²) in [5.41, 5.74) is 2.81. The van der Waals surface area contributed by atoms with Gasteiger partial charge in [0.25, 0.3) is 0 Å². The van der Waals surface area contributed by atoms with Crippen molar-refractivity contribution in [2.24, 2.45) is 5.73 Å². The summed E-state index contributed by atoms with van der Waals surface area (Å²) in [4.78, 5) is 0. The van der Waals surface area contributed by atoms with E-state index in [4.69, 9.17) is 5.73 Å². The molecule has 0 fully saturated rings. The third-order valence-corrected chi connectivity index (χ3v) is 2.42. The molecule has 16 heavy (non-hydrogen) atoms. The van der Waals surface area contributed by atoms with Gasteiger partial charge in [-0.2, -0.15) is 13.2 Å². The SMILES string of the molecule is NCCC(O)(Cc1ccccc1)C(F)(F)F. The van der Waals surface area contributed by atoms with Gasteiger partial charge in [0.1, 0.15) is 0 Å². The molecule has 2 nitrogen and oxygen atoms in total. The van der Waals surface area contributed by atoms with Crippen molar-refractivity contribution in [2.75, 3.05) is 6.54 Å². The molecule has 1 rings (SSSR count). The van der Waals surface area contributed by atoms with E-state index < -0.39 is 24.6 Å². The van der Waals surface area contributed by atoms with Gasteiger partial charge in [-0.3, -0.25) is 0 Å². The highest BCUT2D eigenvalue weighted by atomic mass is 19.4. The van der Waals surface area contributed by atoms with E-state index in [0.29, 0.717) is 5.56 Å². The Balaban J connectivity index is 2.88. The van der Waals surface area contributed by atoms with Gasteiger partial charge >= 0.3 is 6.18 Å². The molecule has 1 unspecified atom stereocenters. The van der Waals surface area contributed by atoms with Crippen LogP contribution in [0.5, 0.6) is 0 Å². The molecule has 0 amide bonds. The number of halogens is 3. The molecule has 0 bridgehead atoms. The molecular weight excluding hydrogens is 219 g/mol. The lowest BCUT2D eigenvalue weighted by Crippen LogP contribution is -2.48. The summed E-state index contributed by atoms with van der Waals surface area (Å²) in [6, 6.07) is 8.07.